The second-order valence-electron chi connectivity index (χ2n) is 16.3. The van der Waals surface area contributed by atoms with E-state index >= 15 is 0 Å². The number of methoxy groups -OCH3 is 3. The molecule has 0 saturated carbocycles. The van der Waals surface area contributed by atoms with Gasteiger partial charge in [-0.3, -0.25) is 9.69 Å². The number of benzene rings is 4. The van der Waals surface area contributed by atoms with E-state index in [1.54, 1.807) is 51.8 Å². The standard InChI is InChI=1S/C50H62N5O10P/c1-34(2)55(35(3)4)66(63-29-15-28-51)65-45-44(61-31-30-58-6)43(64-48(45)54-32-36(5)46(53-49(54)57)52-47(56)37-16-11-9-12-17-37)33-62-50(38-18-13-10-14-19-38,39-20-24-41(59-7)25-21-39)40-22-26-42(60-8)27-23-40/h9-14,16-27,32,34-35,43-46,48H,15,29-31,33H2,1-8H3,(H,52,56)(H,53,57)/t43-,44+,45?,46?,48-,66?/m1/s1. The van der Waals surface area contributed by atoms with Gasteiger partial charge in [0.15, 0.2) is 6.23 Å². The zero-order valence-electron chi connectivity index (χ0n) is 38.9. The van der Waals surface area contributed by atoms with E-state index in [4.69, 9.17) is 37.5 Å². The van der Waals surface area contributed by atoms with Crippen LogP contribution in [0, 0.1) is 11.3 Å². The number of amides is 3. The topological polar surface area (TPSA) is 162 Å². The monoisotopic (exact) mass is 923 g/mol. The fraction of sp³-hybridized carbons (Fsp3) is 0.420. The van der Waals surface area contributed by atoms with Crippen LogP contribution in [0.3, 0.4) is 0 Å². The van der Waals surface area contributed by atoms with Crippen molar-refractivity contribution < 1.29 is 47.1 Å². The molecule has 3 amide bonds. The van der Waals surface area contributed by atoms with Gasteiger partial charge in [0.2, 0.25) is 0 Å². The molecule has 352 valence electrons. The van der Waals surface area contributed by atoms with Gasteiger partial charge in [-0.2, -0.15) is 5.26 Å². The Kier molecular flexibility index (Phi) is 18.1. The normalized spacial score (nSPS) is 20.2. The molecule has 4 aromatic carbocycles. The van der Waals surface area contributed by atoms with Gasteiger partial charge in [-0.15, -0.1) is 0 Å². The molecule has 15 nitrogen and oxygen atoms in total. The molecule has 1 saturated heterocycles. The van der Waals surface area contributed by atoms with Crippen LogP contribution in [-0.2, 0) is 33.6 Å². The average Bonchev–Trinajstić information content (AvgIpc) is 3.66. The minimum Gasteiger partial charge on any atom is -0.497 e. The van der Waals surface area contributed by atoms with Crippen molar-refractivity contribution in [3.05, 3.63) is 143 Å². The molecular formula is C50H62N5O10P. The first kappa shape index (κ1) is 50.0. The number of ether oxygens (including phenoxy) is 6. The summed E-state index contributed by atoms with van der Waals surface area (Å²) in [6.07, 6.45) is -2.77. The summed E-state index contributed by atoms with van der Waals surface area (Å²) in [6, 6.07) is 35.8. The molecule has 2 heterocycles. The molecule has 3 unspecified atom stereocenters. The molecule has 2 aliphatic heterocycles. The minimum absolute atomic E-state index is 0.0270. The van der Waals surface area contributed by atoms with Gasteiger partial charge in [0.1, 0.15) is 41.6 Å². The molecule has 0 aromatic heterocycles. The zero-order valence-corrected chi connectivity index (χ0v) is 39.8. The Hall–Kier alpha value is -5.40. The van der Waals surface area contributed by atoms with Gasteiger partial charge in [0, 0.05) is 31.0 Å². The second kappa shape index (κ2) is 23.9. The van der Waals surface area contributed by atoms with Gasteiger partial charge >= 0.3 is 6.03 Å². The molecule has 4 aromatic rings. The summed E-state index contributed by atoms with van der Waals surface area (Å²) >= 11 is 0. The number of hydrogen-bond acceptors (Lipinski definition) is 12. The third-order valence-corrected chi connectivity index (χ3v) is 13.4. The van der Waals surface area contributed by atoms with Crippen molar-refractivity contribution in [1.29, 1.82) is 5.26 Å². The van der Waals surface area contributed by atoms with Crippen molar-refractivity contribution in [1.82, 2.24) is 20.2 Å². The van der Waals surface area contributed by atoms with Crippen LogP contribution in [0.2, 0.25) is 0 Å². The van der Waals surface area contributed by atoms with E-state index in [9.17, 15) is 14.9 Å². The number of hydrogen-bond donors (Lipinski definition) is 2. The molecule has 2 aliphatic rings. The third-order valence-electron chi connectivity index (χ3n) is 11.3. The molecule has 6 rings (SSSR count). The third kappa shape index (κ3) is 11.8. The molecule has 1 fully saturated rings. The molecule has 0 radical (unpaired) electrons. The second-order valence-corrected chi connectivity index (χ2v) is 17.7. The Labute approximate surface area is 389 Å². The Morgan fingerprint density at radius 3 is 1.95 bits per heavy atom. The molecule has 16 heteroatoms. The minimum atomic E-state index is -1.87. The zero-order chi connectivity index (χ0) is 47.2. The van der Waals surface area contributed by atoms with Crippen molar-refractivity contribution in [2.24, 2.45) is 0 Å². The fourth-order valence-electron chi connectivity index (χ4n) is 8.13. The van der Waals surface area contributed by atoms with Crippen molar-refractivity contribution in [3.63, 3.8) is 0 Å². The molecule has 6 atom stereocenters. The van der Waals surface area contributed by atoms with Gasteiger partial charge in [-0.1, -0.05) is 72.8 Å². The molecular weight excluding hydrogens is 862 g/mol. The highest BCUT2D eigenvalue weighted by molar-refractivity contribution is 7.44. The number of nitrogens with zero attached hydrogens (tertiary/aromatic N) is 3. The lowest BCUT2D eigenvalue weighted by molar-refractivity contribution is -0.109. The van der Waals surface area contributed by atoms with Crippen LogP contribution in [-0.4, -0.2) is 112 Å². The van der Waals surface area contributed by atoms with Crippen molar-refractivity contribution in [3.8, 4) is 17.6 Å². The van der Waals surface area contributed by atoms with Crippen LogP contribution in [0.15, 0.2) is 121 Å². The highest BCUT2D eigenvalue weighted by Crippen LogP contribution is 2.51. The summed E-state index contributed by atoms with van der Waals surface area (Å²) in [5, 5.41) is 15.4. The van der Waals surface area contributed by atoms with Crippen LogP contribution in [0.1, 0.15) is 68.1 Å². The molecule has 66 heavy (non-hydrogen) atoms. The van der Waals surface area contributed by atoms with Crippen molar-refractivity contribution in [2.75, 3.05) is 47.8 Å². The quantitative estimate of drug-likeness (QED) is 0.0418. The Bertz CT molecular complexity index is 2170. The number of carbonyl (C=O) groups excluding carboxylic acids is 2. The van der Waals surface area contributed by atoms with Crippen LogP contribution >= 0.6 is 8.53 Å². The molecule has 2 N–H and O–H groups in total. The van der Waals surface area contributed by atoms with Crippen molar-refractivity contribution >= 4 is 20.5 Å². The van der Waals surface area contributed by atoms with Crippen LogP contribution < -0.4 is 20.1 Å². The molecule has 0 aliphatic carbocycles. The maximum atomic E-state index is 14.4. The van der Waals surface area contributed by atoms with Crippen LogP contribution in [0.4, 0.5) is 4.79 Å². The summed E-state index contributed by atoms with van der Waals surface area (Å²) in [6.45, 7) is 10.5. The first-order valence-electron chi connectivity index (χ1n) is 22.1. The maximum Gasteiger partial charge on any atom is 0.325 e. The lowest BCUT2D eigenvalue weighted by atomic mass is 9.80. The highest BCUT2D eigenvalue weighted by atomic mass is 31.2. The fourth-order valence-corrected chi connectivity index (χ4v) is 9.87. The summed E-state index contributed by atoms with van der Waals surface area (Å²) in [5.74, 6) is 1.02. The van der Waals surface area contributed by atoms with E-state index in [0.717, 1.165) is 16.7 Å². The Balaban J connectivity index is 1.45. The largest absolute Gasteiger partial charge is 0.497 e. The summed E-state index contributed by atoms with van der Waals surface area (Å²) in [4.78, 5) is 29.1. The number of rotatable bonds is 23. The Morgan fingerprint density at radius 1 is 0.833 bits per heavy atom. The van der Waals surface area contributed by atoms with E-state index in [-0.39, 0.29) is 50.8 Å². The number of nitrogens with one attached hydrogen (secondary N) is 2. The predicted octanol–water partition coefficient (Wildman–Crippen LogP) is 8.12. The van der Waals surface area contributed by atoms with E-state index in [2.05, 4.69) is 21.4 Å². The highest BCUT2D eigenvalue weighted by Gasteiger charge is 2.54. The van der Waals surface area contributed by atoms with Gasteiger partial charge in [-0.05, 0) is 93.3 Å². The van der Waals surface area contributed by atoms with E-state index in [1.807, 2.05) is 120 Å². The van der Waals surface area contributed by atoms with E-state index in [0.29, 0.717) is 22.6 Å². The lowest BCUT2D eigenvalue weighted by Gasteiger charge is -2.40. The number of nitriles is 1. The first-order chi connectivity index (χ1) is 31.9. The van der Waals surface area contributed by atoms with Gasteiger partial charge in [0.25, 0.3) is 14.4 Å². The van der Waals surface area contributed by atoms with E-state index < -0.39 is 50.9 Å². The smallest absolute Gasteiger partial charge is 0.325 e. The summed E-state index contributed by atoms with van der Waals surface area (Å²) in [5.41, 5.74) is 2.35. The SMILES string of the molecule is COCCO[C@@H]1C(OP(OCCC#N)N(C(C)C)C(C)C)[C@H](N2C=C(C)C(NC(=O)c3ccccc3)NC2=O)O[C@@H]1COC(c1ccccc1)(c1ccc(OC)cc1)c1ccc(OC)cc1. The Morgan fingerprint density at radius 2 is 1.41 bits per heavy atom. The maximum absolute atomic E-state index is 14.4. The van der Waals surface area contributed by atoms with Crippen molar-refractivity contribution in [2.45, 2.75) is 89.4 Å². The number of urea groups is 1. The molecule has 0 bridgehead atoms. The summed E-state index contributed by atoms with van der Waals surface area (Å²) in [7, 11) is 2.97. The summed E-state index contributed by atoms with van der Waals surface area (Å²) < 4.78 is 53.4. The first-order valence-corrected chi connectivity index (χ1v) is 23.2. The lowest BCUT2D eigenvalue weighted by Crippen LogP contribution is -2.59. The van der Waals surface area contributed by atoms with Gasteiger partial charge < -0.3 is 48.1 Å². The van der Waals surface area contributed by atoms with E-state index in [1.165, 1.54) is 4.90 Å². The van der Waals surface area contributed by atoms with Crippen LogP contribution in [0.25, 0.3) is 0 Å². The predicted molar refractivity (Wildman–Crippen MR) is 250 cm³/mol. The average molecular weight is 924 g/mol. The van der Waals surface area contributed by atoms with Gasteiger partial charge in [0.05, 0.1) is 53.1 Å². The number of carbonyl (C=O) groups is 2. The van der Waals surface area contributed by atoms with Gasteiger partial charge in [-0.25, -0.2) is 9.46 Å². The van der Waals surface area contributed by atoms with Crippen LogP contribution in [0.5, 0.6) is 11.5 Å². The molecule has 0 spiro atoms.